The molecule has 0 aliphatic heterocycles. The topological polar surface area (TPSA) is 119 Å². The Bertz CT molecular complexity index is 819. The molecule has 1 atom stereocenters. The van der Waals surface area contributed by atoms with Gasteiger partial charge in [-0.25, -0.2) is 4.98 Å². The number of nitro groups is 1. The average molecular weight is 312 g/mol. The zero-order chi connectivity index (χ0) is 17.0. The van der Waals surface area contributed by atoms with Crippen LogP contribution in [0.5, 0.6) is 0 Å². The van der Waals surface area contributed by atoms with Crippen LogP contribution in [-0.4, -0.2) is 26.0 Å². The molecule has 0 radical (unpaired) electrons. The second kappa shape index (κ2) is 6.62. The van der Waals surface area contributed by atoms with Gasteiger partial charge in [0.2, 0.25) is 5.78 Å². The van der Waals surface area contributed by atoms with Crippen molar-refractivity contribution >= 4 is 17.3 Å². The van der Waals surface area contributed by atoms with Gasteiger partial charge in [-0.1, -0.05) is 12.1 Å². The molecule has 1 unspecified atom stereocenters. The average Bonchev–Trinajstić information content (AvgIpc) is 2.94. The lowest BCUT2D eigenvalue weighted by Gasteiger charge is -2.07. The number of aryl methyl sites for hydroxylation is 1. The Labute approximate surface area is 131 Å². The predicted octanol–water partition coefficient (Wildman–Crippen LogP) is 1.46. The highest BCUT2D eigenvalue weighted by Gasteiger charge is 2.30. The molecule has 1 heterocycles. The summed E-state index contributed by atoms with van der Waals surface area (Å²) in [5.74, 6) is -2.78. The van der Waals surface area contributed by atoms with Gasteiger partial charge in [0.05, 0.1) is 11.0 Å². The molecule has 2 rings (SSSR count). The van der Waals surface area contributed by atoms with Gasteiger partial charge in [-0.05, 0) is 5.56 Å². The Morgan fingerprint density at radius 3 is 2.78 bits per heavy atom. The van der Waals surface area contributed by atoms with Gasteiger partial charge in [0, 0.05) is 38.0 Å². The number of carbonyl (C=O) groups excluding carboxylic acids is 2. The zero-order valence-electron chi connectivity index (χ0n) is 12.2. The highest BCUT2D eigenvalue weighted by atomic mass is 16.6. The van der Waals surface area contributed by atoms with Gasteiger partial charge in [0.1, 0.15) is 0 Å². The summed E-state index contributed by atoms with van der Waals surface area (Å²) in [7, 11) is 1.58. The number of nitro benzene ring substituents is 1. The maximum Gasteiger partial charge on any atom is 0.269 e. The summed E-state index contributed by atoms with van der Waals surface area (Å²) in [6.07, 6.45) is 2.69. The van der Waals surface area contributed by atoms with Crippen LogP contribution in [0.2, 0.25) is 0 Å². The summed E-state index contributed by atoms with van der Waals surface area (Å²) in [6, 6.07) is 7.22. The van der Waals surface area contributed by atoms with Gasteiger partial charge in [-0.15, -0.1) is 0 Å². The molecule has 8 heteroatoms. The number of benzene rings is 1. The van der Waals surface area contributed by atoms with Crippen molar-refractivity contribution in [2.45, 2.75) is 6.42 Å². The normalized spacial score (nSPS) is 11.5. The van der Waals surface area contributed by atoms with E-state index in [4.69, 9.17) is 5.26 Å². The zero-order valence-corrected chi connectivity index (χ0v) is 12.2. The highest BCUT2D eigenvalue weighted by molar-refractivity contribution is 6.11. The van der Waals surface area contributed by atoms with E-state index in [0.29, 0.717) is 5.56 Å². The minimum atomic E-state index is -1.49. The molecule has 23 heavy (non-hydrogen) atoms. The van der Waals surface area contributed by atoms with E-state index >= 15 is 0 Å². The summed E-state index contributed by atoms with van der Waals surface area (Å²) in [4.78, 5) is 38.4. The van der Waals surface area contributed by atoms with E-state index in [1.54, 1.807) is 13.1 Å². The molecule has 1 aromatic heterocycles. The fourth-order valence-corrected chi connectivity index (χ4v) is 2.09. The second-order valence-electron chi connectivity index (χ2n) is 4.86. The van der Waals surface area contributed by atoms with E-state index in [1.165, 1.54) is 41.2 Å². The first kappa shape index (κ1) is 16.0. The molecule has 0 spiro atoms. The minimum absolute atomic E-state index is 0.0175. The molecule has 0 amide bonds. The summed E-state index contributed by atoms with van der Waals surface area (Å²) >= 11 is 0. The van der Waals surface area contributed by atoms with Gasteiger partial charge < -0.3 is 4.57 Å². The van der Waals surface area contributed by atoms with E-state index in [0.717, 1.165) is 0 Å². The third kappa shape index (κ3) is 3.47. The lowest BCUT2D eigenvalue weighted by molar-refractivity contribution is -0.384. The number of ketones is 2. The number of non-ortho nitro benzene ring substituents is 1. The molecule has 116 valence electrons. The predicted molar refractivity (Wildman–Crippen MR) is 78.4 cm³/mol. The molecule has 0 bridgehead atoms. The fraction of sp³-hybridized carbons (Fsp3) is 0.200. The maximum atomic E-state index is 12.2. The van der Waals surface area contributed by atoms with Crippen LogP contribution < -0.4 is 0 Å². The molecule has 2 aromatic rings. The number of Topliss-reactive ketones (excluding diaryl/α,β-unsaturated/α-hetero) is 2. The lowest BCUT2D eigenvalue weighted by atomic mass is 9.94. The van der Waals surface area contributed by atoms with E-state index in [1.807, 2.05) is 0 Å². The molecule has 0 fully saturated rings. The molecule has 0 N–H and O–H groups in total. The van der Waals surface area contributed by atoms with Crippen molar-refractivity contribution in [2.24, 2.45) is 13.0 Å². The van der Waals surface area contributed by atoms with Crippen LogP contribution in [0.1, 0.15) is 16.2 Å². The van der Waals surface area contributed by atoms with Crippen molar-refractivity contribution in [3.05, 3.63) is 58.2 Å². The quantitative estimate of drug-likeness (QED) is 0.345. The van der Waals surface area contributed by atoms with Crippen LogP contribution in [0, 0.1) is 27.4 Å². The van der Waals surface area contributed by atoms with Crippen molar-refractivity contribution in [1.29, 1.82) is 5.26 Å². The molecule has 0 saturated carbocycles. The summed E-state index contributed by atoms with van der Waals surface area (Å²) in [5, 5.41) is 19.9. The maximum absolute atomic E-state index is 12.2. The van der Waals surface area contributed by atoms with Gasteiger partial charge in [0.25, 0.3) is 5.69 Å². The highest BCUT2D eigenvalue weighted by Crippen LogP contribution is 2.16. The smallest absolute Gasteiger partial charge is 0.269 e. The van der Waals surface area contributed by atoms with E-state index < -0.39 is 22.4 Å². The fourth-order valence-electron chi connectivity index (χ4n) is 2.09. The number of hydrogen-bond acceptors (Lipinski definition) is 6. The van der Waals surface area contributed by atoms with Crippen molar-refractivity contribution in [3.63, 3.8) is 0 Å². The Morgan fingerprint density at radius 1 is 1.48 bits per heavy atom. The number of hydrogen-bond donors (Lipinski definition) is 0. The summed E-state index contributed by atoms with van der Waals surface area (Å²) in [6.45, 7) is 0. The Morgan fingerprint density at radius 2 is 2.22 bits per heavy atom. The SMILES string of the molecule is Cn1ccnc1C(=O)C(C#N)C(=O)Cc1cccc([N+](=O)[O-])c1. The van der Waals surface area contributed by atoms with E-state index in [-0.39, 0.29) is 17.9 Å². The summed E-state index contributed by atoms with van der Waals surface area (Å²) in [5.41, 5.74) is 0.219. The van der Waals surface area contributed by atoms with Gasteiger partial charge in [0.15, 0.2) is 17.5 Å². The van der Waals surface area contributed by atoms with Crippen LogP contribution in [-0.2, 0) is 18.3 Å². The molecule has 1 aromatic carbocycles. The second-order valence-corrected chi connectivity index (χ2v) is 4.86. The first-order valence-corrected chi connectivity index (χ1v) is 6.61. The number of rotatable bonds is 6. The first-order chi connectivity index (χ1) is 10.9. The van der Waals surface area contributed by atoms with E-state index in [9.17, 15) is 19.7 Å². The number of imidazole rings is 1. The van der Waals surface area contributed by atoms with Crippen LogP contribution in [0.4, 0.5) is 5.69 Å². The number of nitrogens with zero attached hydrogens (tertiary/aromatic N) is 4. The number of nitriles is 1. The molecule has 0 saturated heterocycles. The van der Waals surface area contributed by atoms with Crippen molar-refractivity contribution in [1.82, 2.24) is 9.55 Å². The van der Waals surface area contributed by atoms with Crippen LogP contribution in [0.15, 0.2) is 36.7 Å². The molecular weight excluding hydrogens is 300 g/mol. The summed E-state index contributed by atoms with van der Waals surface area (Å²) < 4.78 is 1.42. The Hall–Kier alpha value is -3.34. The molecule has 8 nitrogen and oxygen atoms in total. The molecular formula is C15H12N4O4. The van der Waals surface area contributed by atoms with Gasteiger partial charge in [-0.3, -0.25) is 19.7 Å². The monoisotopic (exact) mass is 312 g/mol. The molecule has 0 aliphatic rings. The van der Waals surface area contributed by atoms with Gasteiger partial charge in [-0.2, -0.15) is 5.26 Å². The number of aromatic nitrogens is 2. The Kier molecular flexibility index (Phi) is 4.61. The first-order valence-electron chi connectivity index (χ1n) is 6.61. The standard InChI is InChI=1S/C15H12N4O4/c1-18-6-5-17-15(18)14(21)12(9-16)13(20)8-10-3-2-4-11(7-10)19(22)23/h2-7,12H,8H2,1H3. The van der Waals surface area contributed by atoms with Crippen molar-refractivity contribution in [2.75, 3.05) is 0 Å². The van der Waals surface area contributed by atoms with Crippen molar-refractivity contribution in [3.8, 4) is 6.07 Å². The largest absolute Gasteiger partial charge is 0.332 e. The number of carbonyl (C=O) groups is 2. The third-order valence-electron chi connectivity index (χ3n) is 3.25. The molecule has 0 aliphatic carbocycles. The third-order valence-corrected chi connectivity index (χ3v) is 3.25. The van der Waals surface area contributed by atoms with Crippen LogP contribution >= 0.6 is 0 Å². The Balaban J connectivity index is 2.20. The van der Waals surface area contributed by atoms with Crippen molar-refractivity contribution < 1.29 is 14.5 Å². The lowest BCUT2D eigenvalue weighted by Crippen LogP contribution is -2.26. The van der Waals surface area contributed by atoms with Gasteiger partial charge >= 0.3 is 0 Å². The van der Waals surface area contributed by atoms with Crippen LogP contribution in [0.3, 0.4) is 0 Å². The van der Waals surface area contributed by atoms with Crippen LogP contribution in [0.25, 0.3) is 0 Å². The minimum Gasteiger partial charge on any atom is -0.332 e. The van der Waals surface area contributed by atoms with E-state index in [2.05, 4.69) is 4.98 Å².